The fourth-order valence-corrected chi connectivity index (χ4v) is 2.68. The lowest BCUT2D eigenvalue weighted by Crippen LogP contribution is -2.16. The molecular formula is C21H22N4O. The molecule has 0 radical (unpaired) electrons. The van der Waals surface area contributed by atoms with Gasteiger partial charge in [0.25, 0.3) is 5.91 Å². The number of nitrogens with zero attached hydrogens (tertiary/aromatic N) is 2. The highest BCUT2D eigenvalue weighted by atomic mass is 16.1. The first kappa shape index (κ1) is 17.6. The number of carbonyl (C=O) groups excluding carboxylic acids is 1. The molecule has 0 bridgehead atoms. The van der Waals surface area contributed by atoms with E-state index in [4.69, 9.17) is 5.73 Å². The van der Waals surface area contributed by atoms with E-state index in [1.807, 2.05) is 67.5 Å². The molecule has 5 heteroatoms. The van der Waals surface area contributed by atoms with Crippen molar-refractivity contribution in [2.24, 2.45) is 0 Å². The van der Waals surface area contributed by atoms with Crippen LogP contribution in [0.1, 0.15) is 16.1 Å². The third kappa shape index (κ3) is 4.26. The molecule has 1 heterocycles. The fraction of sp³-hybridized carbons (Fsp3) is 0.143. The van der Waals surface area contributed by atoms with Crippen LogP contribution in [0.5, 0.6) is 0 Å². The van der Waals surface area contributed by atoms with E-state index in [1.165, 1.54) is 0 Å². The molecule has 1 aromatic heterocycles. The van der Waals surface area contributed by atoms with Gasteiger partial charge in [-0.3, -0.25) is 9.78 Å². The van der Waals surface area contributed by atoms with E-state index < -0.39 is 0 Å². The summed E-state index contributed by atoms with van der Waals surface area (Å²) in [7, 11) is 3.98. The van der Waals surface area contributed by atoms with Gasteiger partial charge in [0, 0.05) is 12.7 Å². The lowest BCUT2D eigenvalue weighted by Gasteiger charge is -2.12. The van der Waals surface area contributed by atoms with E-state index in [9.17, 15) is 4.79 Å². The molecule has 2 aromatic carbocycles. The van der Waals surface area contributed by atoms with Gasteiger partial charge < -0.3 is 16.0 Å². The Labute approximate surface area is 153 Å². The molecule has 1 amide bonds. The highest BCUT2D eigenvalue weighted by Gasteiger charge is 2.11. The number of hydrogen-bond donors (Lipinski definition) is 2. The Hall–Kier alpha value is -3.18. The SMILES string of the molecule is CN(C)Cc1ccc(C(=O)Nc2cc(-c3ccccc3)ccc2N)nc1. The molecule has 3 rings (SSSR count). The maximum absolute atomic E-state index is 12.5. The van der Waals surface area contributed by atoms with E-state index in [2.05, 4.69) is 10.3 Å². The minimum Gasteiger partial charge on any atom is -0.397 e. The molecule has 0 atom stereocenters. The van der Waals surface area contributed by atoms with Crippen LogP contribution in [0.15, 0.2) is 66.9 Å². The highest BCUT2D eigenvalue weighted by Crippen LogP contribution is 2.27. The summed E-state index contributed by atoms with van der Waals surface area (Å²) in [4.78, 5) is 18.8. The number of carbonyl (C=O) groups is 1. The number of rotatable bonds is 5. The van der Waals surface area contributed by atoms with Gasteiger partial charge in [-0.2, -0.15) is 0 Å². The molecule has 0 aliphatic rings. The van der Waals surface area contributed by atoms with Crippen LogP contribution in [0.2, 0.25) is 0 Å². The maximum atomic E-state index is 12.5. The van der Waals surface area contributed by atoms with E-state index in [0.717, 1.165) is 23.2 Å². The van der Waals surface area contributed by atoms with Crippen molar-refractivity contribution < 1.29 is 4.79 Å². The largest absolute Gasteiger partial charge is 0.397 e. The second-order valence-electron chi connectivity index (χ2n) is 6.41. The molecule has 0 spiro atoms. The number of pyridine rings is 1. The molecule has 0 saturated carbocycles. The zero-order valence-electron chi connectivity index (χ0n) is 14.9. The lowest BCUT2D eigenvalue weighted by molar-refractivity contribution is 0.102. The van der Waals surface area contributed by atoms with Crippen molar-refractivity contribution in [2.75, 3.05) is 25.1 Å². The van der Waals surface area contributed by atoms with Crippen molar-refractivity contribution in [3.8, 4) is 11.1 Å². The summed E-state index contributed by atoms with van der Waals surface area (Å²) in [6.45, 7) is 0.779. The molecule has 3 N–H and O–H groups in total. The van der Waals surface area contributed by atoms with Gasteiger partial charge in [-0.15, -0.1) is 0 Å². The molecule has 0 saturated heterocycles. The number of benzene rings is 2. The van der Waals surface area contributed by atoms with Crippen molar-refractivity contribution in [2.45, 2.75) is 6.54 Å². The van der Waals surface area contributed by atoms with E-state index in [0.29, 0.717) is 17.1 Å². The molecular weight excluding hydrogens is 324 g/mol. The minimum atomic E-state index is -0.279. The number of aromatic nitrogens is 1. The Morgan fingerprint density at radius 3 is 2.46 bits per heavy atom. The lowest BCUT2D eigenvalue weighted by atomic mass is 10.0. The highest BCUT2D eigenvalue weighted by molar-refractivity contribution is 6.04. The van der Waals surface area contributed by atoms with Crippen LogP contribution >= 0.6 is 0 Å². The summed E-state index contributed by atoms with van der Waals surface area (Å²) < 4.78 is 0. The van der Waals surface area contributed by atoms with E-state index in [-0.39, 0.29) is 5.91 Å². The molecule has 26 heavy (non-hydrogen) atoms. The normalized spacial score (nSPS) is 10.7. The molecule has 3 aromatic rings. The Bertz CT molecular complexity index is 890. The quantitative estimate of drug-likeness (QED) is 0.692. The van der Waals surface area contributed by atoms with Crippen molar-refractivity contribution in [1.29, 1.82) is 0 Å². The van der Waals surface area contributed by atoms with Gasteiger partial charge in [-0.25, -0.2) is 0 Å². The van der Waals surface area contributed by atoms with Gasteiger partial charge >= 0.3 is 0 Å². The number of anilines is 2. The molecule has 5 nitrogen and oxygen atoms in total. The Balaban J connectivity index is 1.78. The fourth-order valence-electron chi connectivity index (χ4n) is 2.68. The number of nitrogen functional groups attached to an aromatic ring is 1. The van der Waals surface area contributed by atoms with Crippen LogP contribution in [-0.2, 0) is 6.54 Å². The summed E-state index contributed by atoms with van der Waals surface area (Å²) in [6, 6.07) is 19.2. The van der Waals surface area contributed by atoms with Crippen LogP contribution in [-0.4, -0.2) is 29.9 Å². The molecule has 0 aliphatic heterocycles. The summed E-state index contributed by atoms with van der Waals surface area (Å²) in [5.74, 6) is -0.279. The van der Waals surface area contributed by atoms with Crippen LogP contribution in [0.4, 0.5) is 11.4 Å². The second-order valence-corrected chi connectivity index (χ2v) is 6.41. The van der Waals surface area contributed by atoms with Crippen LogP contribution in [0.25, 0.3) is 11.1 Å². The van der Waals surface area contributed by atoms with E-state index in [1.54, 1.807) is 18.3 Å². The average molecular weight is 346 g/mol. The Morgan fingerprint density at radius 1 is 1.04 bits per heavy atom. The first-order valence-corrected chi connectivity index (χ1v) is 8.39. The summed E-state index contributed by atoms with van der Waals surface area (Å²) in [6.07, 6.45) is 1.72. The van der Waals surface area contributed by atoms with Crippen LogP contribution in [0.3, 0.4) is 0 Å². The predicted octanol–water partition coefficient (Wildman–Crippen LogP) is 3.64. The first-order chi connectivity index (χ1) is 12.5. The third-order valence-electron chi connectivity index (χ3n) is 3.96. The average Bonchev–Trinajstić information content (AvgIpc) is 2.64. The van der Waals surface area contributed by atoms with Gasteiger partial charge in [0.2, 0.25) is 0 Å². The maximum Gasteiger partial charge on any atom is 0.274 e. The van der Waals surface area contributed by atoms with E-state index >= 15 is 0 Å². The van der Waals surface area contributed by atoms with Crippen molar-refractivity contribution in [3.05, 3.63) is 78.1 Å². The summed E-state index contributed by atoms with van der Waals surface area (Å²) >= 11 is 0. The van der Waals surface area contributed by atoms with Gasteiger partial charge in [-0.1, -0.05) is 42.5 Å². The third-order valence-corrected chi connectivity index (χ3v) is 3.96. The number of nitrogens with two attached hydrogens (primary N) is 1. The molecule has 0 fully saturated rings. The number of amides is 1. The topological polar surface area (TPSA) is 71.2 Å². The Kier molecular flexibility index (Phi) is 5.29. The van der Waals surface area contributed by atoms with Crippen LogP contribution < -0.4 is 11.1 Å². The summed E-state index contributed by atoms with van der Waals surface area (Å²) in [5, 5.41) is 2.86. The van der Waals surface area contributed by atoms with Gasteiger partial charge in [0.1, 0.15) is 5.69 Å². The van der Waals surface area contributed by atoms with Crippen molar-refractivity contribution in [3.63, 3.8) is 0 Å². The van der Waals surface area contributed by atoms with Gasteiger partial charge in [0.05, 0.1) is 11.4 Å². The van der Waals surface area contributed by atoms with Crippen molar-refractivity contribution >= 4 is 17.3 Å². The summed E-state index contributed by atoms with van der Waals surface area (Å²) in [5.41, 5.74) is 10.6. The zero-order chi connectivity index (χ0) is 18.5. The van der Waals surface area contributed by atoms with Gasteiger partial charge in [0.15, 0.2) is 0 Å². The van der Waals surface area contributed by atoms with Gasteiger partial charge in [-0.05, 0) is 49.0 Å². The number of nitrogens with one attached hydrogen (secondary N) is 1. The van der Waals surface area contributed by atoms with Crippen molar-refractivity contribution in [1.82, 2.24) is 9.88 Å². The monoisotopic (exact) mass is 346 g/mol. The second kappa shape index (κ2) is 7.80. The molecule has 132 valence electrons. The smallest absolute Gasteiger partial charge is 0.274 e. The standard InChI is InChI=1S/C21H22N4O/c1-25(2)14-15-8-11-19(23-13-15)21(26)24-20-12-17(9-10-18(20)22)16-6-4-3-5-7-16/h3-13H,14,22H2,1-2H3,(H,24,26). The number of hydrogen-bond acceptors (Lipinski definition) is 4. The molecule has 0 aliphatic carbocycles. The predicted molar refractivity (Wildman–Crippen MR) is 106 cm³/mol. The first-order valence-electron chi connectivity index (χ1n) is 8.39. The molecule has 0 unspecified atom stereocenters. The Morgan fingerprint density at radius 2 is 1.81 bits per heavy atom. The minimum absolute atomic E-state index is 0.279. The zero-order valence-corrected chi connectivity index (χ0v) is 14.9. The van der Waals surface area contributed by atoms with Crippen LogP contribution in [0, 0.1) is 0 Å².